The summed E-state index contributed by atoms with van der Waals surface area (Å²) in [6.07, 6.45) is 5.27. The van der Waals surface area contributed by atoms with Gasteiger partial charge in [0.05, 0.1) is 24.7 Å². The summed E-state index contributed by atoms with van der Waals surface area (Å²) in [7, 11) is 0. The molecule has 0 aliphatic carbocycles. The molecule has 0 bridgehead atoms. The number of ether oxygens (including phenoxy) is 1. The lowest BCUT2D eigenvalue weighted by molar-refractivity contribution is -0.0460. The molecule has 8 nitrogen and oxygen atoms in total. The summed E-state index contributed by atoms with van der Waals surface area (Å²) >= 11 is 0. The number of H-pyrrole nitrogens is 1. The van der Waals surface area contributed by atoms with Gasteiger partial charge in [0.15, 0.2) is 11.2 Å². The second kappa shape index (κ2) is 4.36. The van der Waals surface area contributed by atoms with Gasteiger partial charge in [-0.05, 0) is 6.07 Å². The SMILES string of the molecule is c1cc2nc(C3(c4cn[nH]n4)CNCCO3)ccn2n1. The van der Waals surface area contributed by atoms with Crippen LogP contribution in [-0.2, 0) is 10.3 Å². The fraction of sp³-hybridized carbons (Fsp3) is 0.333. The Morgan fingerprint density at radius 3 is 3.10 bits per heavy atom. The summed E-state index contributed by atoms with van der Waals surface area (Å²) in [6.45, 7) is 2.02. The minimum Gasteiger partial charge on any atom is -0.359 e. The topological polar surface area (TPSA) is 93.0 Å². The average molecular weight is 271 g/mol. The molecule has 0 saturated carbocycles. The van der Waals surface area contributed by atoms with Crippen LogP contribution in [0.3, 0.4) is 0 Å². The highest BCUT2D eigenvalue weighted by molar-refractivity contribution is 5.39. The van der Waals surface area contributed by atoms with E-state index in [9.17, 15) is 0 Å². The molecular weight excluding hydrogens is 258 g/mol. The molecular formula is C12H13N7O. The van der Waals surface area contributed by atoms with E-state index >= 15 is 0 Å². The minimum absolute atomic E-state index is 0.596. The van der Waals surface area contributed by atoms with Crippen LogP contribution in [0.15, 0.2) is 30.7 Å². The molecule has 3 aromatic rings. The average Bonchev–Trinajstić information content (AvgIpc) is 3.18. The van der Waals surface area contributed by atoms with E-state index in [1.54, 1.807) is 16.9 Å². The van der Waals surface area contributed by atoms with Crippen LogP contribution >= 0.6 is 0 Å². The third kappa shape index (κ3) is 1.62. The molecule has 0 amide bonds. The molecule has 1 unspecified atom stereocenters. The van der Waals surface area contributed by atoms with Crippen molar-refractivity contribution in [3.05, 3.63) is 42.1 Å². The molecule has 4 rings (SSSR count). The maximum atomic E-state index is 6.04. The molecule has 102 valence electrons. The maximum Gasteiger partial charge on any atom is 0.167 e. The summed E-state index contributed by atoms with van der Waals surface area (Å²) in [4.78, 5) is 4.64. The van der Waals surface area contributed by atoms with Gasteiger partial charge in [0.2, 0.25) is 0 Å². The fourth-order valence-corrected chi connectivity index (χ4v) is 2.51. The first-order valence-electron chi connectivity index (χ1n) is 6.40. The highest BCUT2D eigenvalue weighted by Crippen LogP contribution is 2.31. The number of nitrogens with zero attached hydrogens (tertiary/aromatic N) is 5. The first kappa shape index (κ1) is 11.5. The number of hydrogen-bond donors (Lipinski definition) is 2. The standard InChI is InChI=1S/C12H13N7O/c1-3-15-19-5-2-9(16-11(1)19)12(8-13-4-6-20-12)10-7-14-18-17-10/h1-3,5,7,13H,4,6,8H2,(H,14,17,18). The minimum atomic E-state index is -0.711. The maximum absolute atomic E-state index is 6.04. The van der Waals surface area contributed by atoms with Gasteiger partial charge in [0.25, 0.3) is 0 Å². The highest BCUT2D eigenvalue weighted by atomic mass is 16.5. The fourth-order valence-electron chi connectivity index (χ4n) is 2.51. The van der Waals surface area contributed by atoms with E-state index in [0.29, 0.717) is 13.2 Å². The molecule has 8 heteroatoms. The van der Waals surface area contributed by atoms with E-state index < -0.39 is 5.60 Å². The monoisotopic (exact) mass is 271 g/mol. The van der Waals surface area contributed by atoms with Gasteiger partial charge in [0, 0.05) is 25.4 Å². The van der Waals surface area contributed by atoms with E-state index in [0.717, 1.165) is 23.6 Å². The Morgan fingerprint density at radius 1 is 1.30 bits per heavy atom. The number of nitrogens with one attached hydrogen (secondary N) is 2. The van der Waals surface area contributed by atoms with E-state index in [1.165, 1.54) is 0 Å². The van der Waals surface area contributed by atoms with Crippen molar-refractivity contribution >= 4 is 5.65 Å². The van der Waals surface area contributed by atoms with Crippen molar-refractivity contribution in [1.29, 1.82) is 0 Å². The molecule has 1 atom stereocenters. The molecule has 0 radical (unpaired) electrons. The van der Waals surface area contributed by atoms with Crippen molar-refractivity contribution < 1.29 is 4.74 Å². The van der Waals surface area contributed by atoms with Crippen molar-refractivity contribution in [2.24, 2.45) is 0 Å². The lowest BCUT2D eigenvalue weighted by Gasteiger charge is -2.35. The van der Waals surface area contributed by atoms with E-state index in [4.69, 9.17) is 4.74 Å². The number of morpholine rings is 1. The Kier molecular flexibility index (Phi) is 2.51. The van der Waals surface area contributed by atoms with Crippen LogP contribution in [0.4, 0.5) is 0 Å². The number of aromatic amines is 1. The van der Waals surface area contributed by atoms with Gasteiger partial charge < -0.3 is 10.1 Å². The highest BCUT2D eigenvalue weighted by Gasteiger charge is 2.41. The third-order valence-corrected chi connectivity index (χ3v) is 3.50. The smallest absolute Gasteiger partial charge is 0.167 e. The molecule has 3 aromatic heterocycles. The van der Waals surface area contributed by atoms with Gasteiger partial charge >= 0.3 is 0 Å². The molecule has 0 spiro atoms. The molecule has 1 fully saturated rings. The van der Waals surface area contributed by atoms with Crippen LogP contribution in [0.5, 0.6) is 0 Å². The molecule has 2 N–H and O–H groups in total. The van der Waals surface area contributed by atoms with Gasteiger partial charge in [-0.15, -0.1) is 0 Å². The van der Waals surface area contributed by atoms with Crippen molar-refractivity contribution in [1.82, 2.24) is 35.3 Å². The lowest BCUT2D eigenvalue weighted by atomic mass is 9.94. The van der Waals surface area contributed by atoms with Gasteiger partial charge in [-0.2, -0.15) is 20.5 Å². The van der Waals surface area contributed by atoms with E-state index in [2.05, 4.69) is 30.8 Å². The Balaban J connectivity index is 1.88. The molecule has 20 heavy (non-hydrogen) atoms. The van der Waals surface area contributed by atoms with Gasteiger partial charge in [-0.3, -0.25) is 0 Å². The molecule has 0 aromatic carbocycles. The molecule has 1 saturated heterocycles. The Hall–Kier alpha value is -2.32. The summed E-state index contributed by atoms with van der Waals surface area (Å²) in [5, 5.41) is 18.2. The quantitative estimate of drug-likeness (QED) is 0.665. The van der Waals surface area contributed by atoms with Crippen molar-refractivity contribution in [3.8, 4) is 0 Å². The Morgan fingerprint density at radius 2 is 2.30 bits per heavy atom. The van der Waals surface area contributed by atoms with Crippen LogP contribution < -0.4 is 5.32 Å². The summed E-state index contributed by atoms with van der Waals surface area (Å²) in [6, 6.07) is 3.76. The zero-order valence-corrected chi connectivity index (χ0v) is 10.7. The van der Waals surface area contributed by atoms with Crippen LogP contribution in [0.1, 0.15) is 11.4 Å². The first-order valence-corrected chi connectivity index (χ1v) is 6.40. The predicted octanol–water partition coefficient (Wildman–Crippen LogP) is -0.289. The number of hydrogen-bond acceptors (Lipinski definition) is 6. The third-order valence-electron chi connectivity index (χ3n) is 3.50. The lowest BCUT2D eigenvalue weighted by Crippen LogP contribution is -2.49. The predicted molar refractivity (Wildman–Crippen MR) is 69.0 cm³/mol. The van der Waals surface area contributed by atoms with E-state index in [-0.39, 0.29) is 0 Å². The van der Waals surface area contributed by atoms with E-state index in [1.807, 2.05) is 18.3 Å². The van der Waals surface area contributed by atoms with Gasteiger partial charge in [-0.25, -0.2) is 9.50 Å². The molecule has 4 heterocycles. The Labute approximate surface area is 114 Å². The van der Waals surface area contributed by atoms with Crippen molar-refractivity contribution in [3.63, 3.8) is 0 Å². The van der Waals surface area contributed by atoms with Crippen LogP contribution in [0.2, 0.25) is 0 Å². The number of aromatic nitrogens is 6. The van der Waals surface area contributed by atoms with Crippen molar-refractivity contribution in [2.45, 2.75) is 5.60 Å². The zero-order valence-electron chi connectivity index (χ0n) is 10.7. The Bertz CT molecular complexity index is 714. The van der Waals surface area contributed by atoms with Crippen molar-refractivity contribution in [2.75, 3.05) is 19.7 Å². The number of fused-ring (bicyclic) bond motifs is 1. The summed E-state index contributed by atoms with van der Waals surface area (Å²) in [5.41, 5.74) is 1.59. The number of rotatable bonds is 2. The van der Waals surface area contributed by atoms with Crippen LogP contribution in [0.25, 0.3) is 5.65 Å². The molecule has 1 aliphatic rings. The van der Waals surface area contributed by atoms with Gasteiger partial charge in [0.1, 0.15) is 5.69 Å². The largest absolute Gasteiger partial charge is 0.359 e. The zero-order chi connectivity index (χ0) is 13.4. The van der Waals surface area contributed by atoms with Crippen LogP contribution in [0, 0.1) is 0 Å². The van der Waals surface area contributed by atoms with Gasteiger partial charge in [-0.1, -0.05) is 0 Å². The summed E-state index contributed by atoms with van der Waals surface area (Å²) < 4.78 is 7.76. The first-order chi connectivity index (χ1) is 9.88. The molecule has 1 aliphatic heterocycles. The second-order valence-corrected chi connectivity index (χ2v) is 4.65. The normalized spacial score (nSPS) is 23.2. The summed E-state index contributed by atoms with van der Waals surface area (Å²) in [5.74, 6) is 0. The second-order valence-electron chi connectivity index (χ2n) is 4.65. The van der Waals surface area contributed by atoms with Crippen LogP contribution in [-0.4, -0.2) is 49.7 Å².